The highest BCUT2D eigenvalue weighted by Crippen LogP contribution is 2.36. The van der Waals surface area contributed by atoms with Crippen LogP contribution in [-0.4, -0.2) is 9.97 Å². The fourth-order valence-corrected chi connectivity index (χ4v) is 3.69. The van der Waals surface area contributed by atoms with E-state index < -0.39 is 0 Å². The number of nitrogens with one attached hydrogen (secondary N) is 1. The fourth-order valence-electron chi connectivity index (χ4n) is 3.69. The maximum absolute atomic E-state index is 4.92. The summed E-state index contributed by atoms with van der Waals surface area (Å²) in [6, 6.07) is 13.2. The second-order valence-electron chi connectivity index (χ2n) is 6.24. The van der Waals surface area contributed by atoms with Gasteiger partial charge >= 0.3 is 0 Å². The monoisotopic (exact) mass is 276 g/mol. The molecule has 0 amide bonds. The summed E-state index contributed by atoms with van der Waals surface area (Å²) in [6.45, 7) is 4.29. The zero-order valence-electron chi connectivity index (χ0n) is 12.6. The Morgan fingerprint density at radius 3 is 2.90 bits per heavy atom. The Hall–Kier alpha value is -2.09. The molecule has 3 aromatic rings. The molecule has 2 aromatic carbocycles. The number of hydrogen-bond donors (Lipinski definition) is 1. The van der Waals surface area contributed by atoms with E-state index in [1.807, 2.05) is 0 Å². The van der Waals surface area contributed by atoms with Crippen molar-refractivity contribution in [3.63, 3.8) is 0 Å². The first-order chi connectivity index (χ1) is 10.2. The third-order valence-electron chi connectivity index (χ3n) is 4.64. The number of imidazole rings is 1. The largest absolute Gasteiger partial charge is 0.341 e. The van der Waals surface area contributed by atoms with Crippen LogP contribution in [-0.2, 0) is 6.42 Å². The third kappa shape index (κ3) is 2.06. The van der Waals surface area contributed by atoms with E-state index in [0.29, 0.717) is 5.92 Å². The van der Waals surface area contributed by atoms with Crippen LogP contribution < -0.4 is 0 Å². The lowest BCUT2D eigenvalue weighted by atomic mass is 9.82. The highest BCUT2D eigenvalue weighted by Gasteiger charge is 2.24. The van der Waals surface area contributed by atoms with Crippen LogP contribution in [0.4, 0.5) is 0 Å². The summed E-state index contributed by atoms with van der Waals surface area (Å²) >= 11 is 0. The van der Waals surface area contributed by atoms with Gasteiger partial charge in [-0.3, -0.25) is 0 Å². The Labute approximate surface area is 125 Å². The SMILES string of the molecule is Cc1cc(C)c2nc(C3CCCc4ccccc43)[nH]c2c1. The second-order valence-corrected chi connectivity index (χ2v) is 6.24. The molecule has 0 fully saturated rings. The Kier molecular flexibility index (Phi) is 2.85. The van der Waals surface area contributed by atoms with E-state index in [2.05, 4.69) is 55.2 Å². The summed E-state index contributed by atoms with van der Waals surface area (Å²) in [7, 11) is 0. The topological polar surface area (TPSA) is 28.7 Å². The minimum Gasteiger partial charge on any atom is -0.341 e. The van der Waals surface area contributed by atoms with Crippen molar-refractivity contribution < 1.29 is 0 Å². The number of fused-ring (bicyclic) bond motifs is 2. The van der Waals surface area contributed by atoms with Crippen molar-refractivity contribution in [3.8, 4) is 0 Å². The Morgan fingerprint density at radius 2 is 2.00 bits per heavy atom. The highest BCUT2D eigenvalue weighted by molar-refractivity contribution is 5.79. The number of aromatic amines is 1. The van der Waals surface area contributed by atoms with Crippen LogP contribution >= 0.6 is 0 Å². The first-order valence-corrected chi connectivity index (χ1v) is 7.77. The van der Waals surface area contributed by atoms with E-state index in [4.69, 9.17) is 4.98 Å². The first-order valence-electron chi connectivity index (χ1n) is 7.77. The van der Waals surface area contributed by atoms with Gasteiger partial charge in [-0.05, 0) is 61.4 Å². The van der Waals surface area contributed by atoms with Crippen molar-refractivity contribution in [3.05, 3.63) is 64.5 Å². The van der Waals surface area contributed by atoms with Crippen LogP contribution in [0.15, 0.2) is 36.4 Å². The number of hydrogen-bond acceptors (Lipinski definition) is 1. The fraction of sp³-hybridized carbons (Fsp3) is 0.316. The van der Waals surface area contributed by atoms with Crippen molar-refractivity contribution in [1.29, 1.82) is 0 Å². The summed E-state index contributed by atoms with van der Waals surface area (Å²) in [4.78, 5) is 8.50. The molecule has 2 heteroatoms. The van der Waals surface area contributed by atoms with Crippen LogP contribution in [0.3, 0.4) is 0 Å². The van der Waals surface area contributed by atoms with Gasteiger partial charge in [0.05, 0.1) is 11.0 Å². The van der Waals surface area contributed by atoms with Crippen molar-refractivity contribution in [1.82, 2.24) is 9.97 Å². The van der Waals surface area contributed by atoms with Gasteiger partial charge in [0.2, 0.25) is 0 Å². The lowest BCUT2D eigenvalue weighted by molar-refractivity contribution is 0.596. The van der Waals surface area contributed by atoms with E-state index in [-0.39, 0.29) is 0 Å². The molecule has 0 saturated carbocycles. The standard InChI is InChI=1S/C19H20N2/c1-12-10-13(2)18-17(11-12)20-19(21-18)16-9-5-7-14-6-3-4-8-15(14)16/h3-4,6,8,10-11,16H,5,7,9H2,1-2H3,(H,20,21). The van der Waals surface area contributed by atoms with E-state index in [1.165, 1.54) is 47.0 Å². The van der Waals surface area contributed by atoms with Gasteiger partial charge in [-0.25, -0.2) is 4.98 Å². The molecule has 1 aliphatic rings. The molecule has 0 spiro atoms. The Morgan fingerprint density at radius 1 is 1.14 bits per heavy atom. The molecule has 2 nitrogen and oxygen atoms in total. The normalized spacial score (nSPS) is 17.9. The summed E-state index contributed by atoms with van der Waals surface area (Å²) in [6.07, 6.45) is 3.64. The smallest absolute Gasteiger partial charge is 0.114 e. The van der Waals surface area contributed by atoms with Crippen LogP contribution in [0.25, 0.3) is 11.0 Å². The number of nitrogens with zero attached hydrogens (tertiary/aromatic N) is 1. The van der Waals surface area contributed by atoms with Gasteiger partial charge in [-0.1, -0.05) is 30.3 Å². The molecular formula is C19H20N2. The number of aryl methyl sites for hydroxylation is 3. The average Bonchev–Trinajstić information content (AvgIpc) is 2.90. The van der Waals surface area contributed by atoms with Crippen molar-refractivity contribution in [2.75, 3.05) is 0 Å². The van der Waals surface area contributed by atoms with Crippen LogP contribution in [0, 0.1) is 13.8 Å². The molecule has 21 heavy (non-hydrogen) atoms. The minimum atomic E-state index is 0.419. The zero-order valence-corrected chi connectivity index (χ0v) is 12.6. The van der Waals surface area contributed by atoms with Gasteiger partial charge in [0, 0.05) is 5.92 Å². The number of H-pyrrole nitrogens is 1. The Balaban J connectivity index is 1.86. The molecule has 106 valence electrons. The molecule has 1 heterocycles. The van der Waals surface area contributed by atoms with Gasteiger partial charge in [-0.2, -0.15) is 0 Å². The predicted molar refractivity (Wildman–Crippen MR) is 86.8 cm³/mol. The lowest BCUT2D eigenvalue weighted by Crippen LogP contribution is -2.12. The highest BCUT2D eigenvalue weighted by atomic mass is 14.9. The lowest BCUT2D eigenvalue weighted by Gasteiger charge is -2.23. The summed E-state index contributed by atoms with van der Waals surface area (Å²) in [5.41, 5.74) is 7.79. The van der Waals surface area contributed by atoms with E-state index in [0.717, 1.165) is 11.3 Å². The van der Waals surface area contributed by atoms with Gasteiger partial charge in [0.1, 0.15) is 5.82 Å². The summed E-state index contributed by atoms with van der Waals surface area (Å²) < 4.78 is 0. The predicted octanol–water partition coefficient (Wildman–Crippen LogP) is 4.65. The summed E-state index contributed by atoms with van der Waals surface area (Å²) in [5, 5.41) is 0. The second kappa shape index (κ2) is 4.73. The van der Waals surface area contributed by atoms with Gasteiger partial charge in [-0.15, -0.1) is 0 Å². The quantitative estimate of drug-likeness (QED) is 0.688. The van der Waals surface area contributed by atoms with Crippen molar-refractivity contribution in [2.45, 2.75) is 39.0 Å². The van der Waals surface area contributed by atoms with Crippen LogP contribution in [0.1, 0.15) is 46.8 Å². The molecule has 4 rings (SSSR count). The minimum absolute atomic E-state index is 0.419. The number of rotatable bonds is 1. The van der Waals surface area contributed by atoms with Gasteiger partial charge < -0.3 is 4.98 Å². The molecule has 1 aliphatic carbocycles. The molecule has 0 radical (unpaired) electrons. The molecule has 0 aliphatic heterocycles. The molecule has 0 saturated heterocycles. The maximum atomic E-state index is 4.92. The third-order valence-corrected chi connectivity index (χ3v) is 4.64. The molecule has 1 atom stereocenters. The van der Waals surface area contributed by atoms with E-state index in [9.17, 15) is 0 Å². The number of benzene rings is 2. The molecule has 1 unspecified atom stereocenters. The molecule has 0 bridgehead atoms. The zero-order chi connectivity index (χ0) is 14.4. The molecule has 1 aromatic heterocycles. The van der Waals surface area contributed by atoms with E-state index in [1.54, 1.807) is 0 Å². The van der Waals surface area contributed by atoms with E-state index >= 15 is 0 Å². The van der Waals surface area contributed by atoms with Gasteiger partial charge in [0.25, 0.3) is 0 Å². The van der Waals surface area contributed by atoms with Crippen molar-refractivity contribution in [2.24, 2.45) is 0 Å². The Bertz CT molecular complexity index is 814. The first kappa shape index (κ1) is 12.6. The average molecular weight is 276 g/mol. The molecular weight excluding hydrogens is 256 g/mol. The molecule has 1 N–H and O–H groups in total. The van der Waals surface area contributed by atoms with Crippen LogP contribution in [0.5, 0.6) is 0 Å². The summed E-state index contributed by atoms with van der Waals surface area (Å²) in [5.74, 6) is 1.55. The number of aromatic nitrogens is 2. The van der Waals surface area contributed by atoms with Gasteiger partial charge in [0.15, 0.2) is 0 Å². The van der Waals surface area contributed by atoms with Crippen molar-refractivity contribution >= 4 is 11.0 Å². The maximum Gasteiger partial charge on any atom is 0.114 e. The van der Waals surface area contributed by atoms with Crippen LogP contribution in [0.2, 0.25) is 0 Å².